The molecule has 2 aromatic rings. The summed E-state index contributed by atoms with van der Waals surface area (Å²) in [6.45, 7) is 0. The number of aromatic nitrogens is 2. The van der Waals surface area contributed by atoms with Crippen molar-refractivity contribution in [2.75, 3.05) is 11.5 Å². The van der Waals surface area contributed by atoms with Crippen LogP contribution in [0.25, 0.3) is 11.1 Å². The van der Waals surface area contributed by atoms with Crippen LogP contribution >= 0.6 is 23.2 Å². The molecule has 1 heterocycles. The number of hydrogen-bond acceptors (Lipinski definition) is 4. The van der Waals surface area contributed by atoms with E-state index in [1.54, 1.807) is 0 Å². The summed E-state index contributed by atoms with van der Waals surface area (Å²) in [5.74, 6) is 0.589. The zero-order valence-electron chi connectivity index (χ0n) is 9.37. The molecule has 18 heavy (non-hydrogen) atoms. The Balaban J connectivity index is 2.31. The molecule has 92 valence electrons. The number of anilines is 2. The lowest BCUT2D eigenvalue weighted by Crippen LogP contribution is -2.12. The van der Waals surface area contributed by atoms with Crippen molar-refractivity contribution in [3.05, 3.63) is 33.4 Å². The van der Waals surface area contributed by atoms with E-state index in [0.29, 0.717) is 15.9 Å². The first kappa shape index (κ1) is 11.6. The molecule has 1 aliphatic carbocycles. The molecule has 0 unspecified atom stereocenters. The Hall–Kier alpha value is -1.52. The van der Waals surface area contributed by atoms with E-state index in [0.717, 1.165) is 35.2 Å². The van der Waals surface area contributed by atoms with Gasteiger partial charge >= 0.3 is 0 Å². The number of rotatable bonds is 0. The van der Waals surface area contributed by atoms with Crippen molar-refractivity contribution in [2.24, 2.45) is 0 Å². The summed E-state index contributed by atoms with van der Waals surface area (Å²) in [7, 11) is 0. The van der Waals surface area contributed by atoms with Gasteiger partial charge in [-0.25, -0.2) is 4.98 Å². The van der Waals surface area contributed by atoms with E-state index in [1.807, 2.05) is 12.1 Å². The van der Waals surface area contributed by atoms with Crippen LogP contribution in [-0.2, 0) is 12.8 Å². The van der Waals surface area contributed by atoms with Crippen molar-refractivity contribution >= 4 is 35.0 Å². The summed E-state index contributed by atoms with van der Waals surface area (Å²) in [6, 6.07) is 3.69. The summed E-state index contributed by atoms with van der Waals surface area (Å²) in [6.07, 6.45) is 1.62. The number of halogens is 2. The summed E-state index contributed by atoms with van der Waals surface area (Å²) in [4.78, 5) is 8.24. The van der Waals surface area contributed by atoms with Gasteiger partial charge in [0.05, 0.1) is 15.7 Å². The van der Waals surface area contributed by atoms with E-state index in [9.17, 15) is 0 Å². The van der Waals surface area contributed by atoms with E-state index in [-0.39, 0.29) is 5.95 Å². The van der Waals surface area contributed by atoms with Gasteiger partial charge in [-0.05, 0) is 36.1 Å². The molecule has 0 fully saturated rings. The average Bonchev–Trinajstić information content (AvgIpc) is 2.30. The molecule has 4 N–H and O–H groups in total. The Morgan fingerprint density at radius 2 is 1.72 bits per heavy atom. The number of fused-ring (bicyclic) bond motifs is 3. The molecule has 0 atom stereocenters. The van der Waals surface area contributed by atoms with Gasteiger partial charge in [-0.2, -0.15) is 4.98 Å². The first-order valence-electron chi connectivity index (χ1n) is 5.46. The monoisotopic (exact) mass is 280 g/mol. The van der Waals surface area contributed by atoms with Crippen molar-refractivity contribution in [2.45, 2.75) is 12.8 Å². The molecule has 1 aliphatic rings. The van der Waals surface area contributed by atoms with E-state index >= 15 is 0 Å². The van der Waals surface area contributed by atoms with Crippen molar-refractivity contribution in [1.29, 1.82) is 0 Å². The number of hydrogen-bond donors (Lipinski definition) is 2. The van der Waals surface area contributed by atoms with Crippen LogP contribution in [0.5, 0.6) is 0 Å². The summed E-state index contributed by atoms with van der Waals surface area (Å²) in [5.41, 5.74) is 15.3. The molecule has 6 heteroatoms. The summed E-state index contributed by atoms with van der Waals surface area (Å²) >= 11 is 12.1. The van der Waals surface area contributed by atoms with Gasteiger partial charge in [0.2, 0.25) is 5.95 Å². The molecule has 0 saturated carbocycles. The summed E-state index contributed by atoms with van der Waals surface area (Å²) in [5, 5.41) is 1.05. The minimum atomic E-state index is 0.203. The lowest BCUT2D eigenvalue weighted by atomic mass is 9.89. The Morgan fingerprint density at radius 1 is 1.00 bits per heavy atom. The van der Waals surface area contributed by atoms with E-state index < -0.39 is 0 Å². The van der Waals surface area contributed by atoms with E-state index in [4.69, 9.17) is 34.7 Å². The fourth-order valence-corrected chi connectivity index (χ4v) is 2.65. The van der Waals surface area contributed by atoms with Crippen LogP contribution in [0.15, 0.2) is 12.1 Å². The van der Waals surface area contributed by atoms with E-state index in [2.05, 4.69) is 9.97 Å². The molecular weight excluding hydrogens is 271 g/mol. The Kier molecular flexibility index (Phi) is 2.57. The van der Waals surface area contributed by atoms with Crippen LogP contribution < -0.4 is 11.5 Å². The molecular formula is C12H10Cl2N4. The maximum atomic E-state index is 6.06. The molecule has 4 nitrogen and oxygen atoms in total. The first-order valence-corrected chi connectivity index (χ1v) is 6.22. The second kappa shape index (κ2) is 4.00. The maximum absolute atomic E-state index is 6.06. The molecule has 1 aromatic heterocycles. The van der Waals surface area contributed by atoms with Gasteiger partial charge in [-0.1, -0.05) is 23.2 Å². The molecule has 0 bridgehead atoms. The van der Waals surface area contributed by atoms with Gasteiger partial charge in [-0.3, -0.25) is 0 Å². The van der Waals surface area contributed by atoms with Crippen molar-refractivity contribution in [1.82, 2.24) is 9.97 Å². The Labute approximate surface area is 114 Å². The normalized spacial score (nSPS) is 13.0. The zero-order valence-corrected chi connectivity index (χ0v) is 10.9. The van der Waals surface area contributed by atoms with Gasteiger partial charge in [0, 0.05) is 5.56 Å². The largest absolute Gasteiger partial charge is 0.383 e. The maximum Gasteiger partial charge on any atom is 0.222 e. The van der Waals surface area contributed by atoms with Crippen molar-refractivity contribution in [3.8, 4) is 11.1 Å². The van der Waals surface area contributed by atoms with Crippen LogP contribution in [0.2, 0.25) is 10.0 Å². The Bertz CT molecular complexity index is 655. The second-order valence-corrected chi connectivity index (χ2v) is 5.03. The smallest absolute Gasteiger partial charge is 0.222 e. The molecule has 0 spiro atoms. The molecule has 3 rings (SSSR count). The second-order valence-electron chi connectivity index (χ2n) is 4.21. The lowest BCUT2D eigenvalue weighted by molar-refractivity contribution is 0.890. The fraction of sp³-hybridized carbons (Fsp3) is 0.167. The number of nitrogen functional groups attached to an aromatic ring is 2. The molecule has 0 saturated heterocycles. The first-order chi connectivity index (χ1) is 8.56. The zero-order chi connectivity index (χ0) is 12.9. The molecule has 1 aromatic carbocycles. The topological polar surface area (TPSA) is 77.8 Å². The third-order valence-corrected chi connectivity index (χ3v) is 3.80. The third kappa shape index (κ3) is 1.69. The number of aryl methyl sites for hydroxylation is 2. The highest BCUT2D eigenvalue weighted by Crippen LogP contribution is 2.39. The van der Waals surface area contributed by atoms with Crippen LogP contribution in [0.1, 0.15) is 11.3 Å². The highest BCUT2D eigenvalue weighted by molar-refractivity contribution is 6.42. The number of nitrogens with zero attached hydrogens (tertiary/aromatic N) is 2. The predicted molar refractivity (Wildman–Crippen MR) is 73.7 cm³/mol. The molecule has 0 amide bonds. The van der Waals surface area contributed by atoms with Crippen LogP contribution in [0.4, 0.5) is 11.8 Å². The highest BCUT2D eigenvalue weighted by Gasteiger charge is 2.22. The quantitative estimate of drug-likeness (QED) is 0.778. The van der Waals surface area contributed by atoms with Gasteiger partial charge in [0.15, 0.2) is 0 Å². The molecule has 0 radical (unpaired) electrons. The number of nitrogens with two attached hydrogens (primary N) is 2. The SMILES string of the molecule is Nc1nc(N)c2c(n1)CCc1cc(Cl)c(Cl)cc1-2. The number of benzene rings is 1. The minimum Gasteiger partial charge on any atom is -0.383 e. The van der Waals surface area contributed by atoms with E-state index in [1.165, 1.54) is 0 Å². The van der Waals surface area contributed by atoms with Crippen molar-refractivity contribution < 1.29 is 0 Å². The third-order valence-electron chi connectivity index (χ3n) is 3.08. The van der Waals surface area contributed by atoms with Crippen LogP contribution in [0, 0.1) is 0 Å². The van der Waals surface area contributed by atoms with Gasteiger partial charge in [0.25, 0.3) is 0 Å². The van der Waals surface area contributed by atoms with Gasteiger partial charge in [-0.15, -0.1) is 0 Å². The van der Waals surface area contributed by atoms with Crippen LogP contribution in [-0.4, -0.2) is 9.97 Å². The lowest BCUT2D eigenvalue weighted by Gasteiger charge is -2.21. The standard InChI is InChI=1S/C12H10Cl2N4/c13-7-3-5-1-2-9-10(6(5)4-8(7)14)11(15)18-12(16)17-9/h3-4H,1-2H2,(H4,15,16,17,18). The van der Waals surface area contributed by atoms with Gasteiger partial charge in [0.1, 0.15) is 5.82 Å². The fourth-order valence-electron chi connectivity index (χ4n) is 2.30. The average molecular weight is 281 g/mol. The van der Waals surface area contributed by atoms with Crippen molar-refractivity contribution in [3.63, 3.8) is 0 Å². The Morgan fingerprint density at radius 3 is 2.50 bits per heavy atom. The van der Waals surface area contributed by atoms with Gasteiger partial charge < -0.3 is 11.5 Å². The predicted octanol–water partition coefficient (Wildman–Crippen LogP) is 2.71. The van der Waals surface area contributed by atoms with Crippen LogP contribution in [0.3, 0.4) is 0 Å². The summed E-state index contributed by atoms with van der Waals surface area (Å²) < 4.78 is 0. The molecule has 0 aliphatic heterocycles. The minimum absolute atomic E-state index is 0.203. The highest BCUT2D eigenvalue weighted by atomic mass is 35.5.